The Kier molecular flexibility index (Phi) is 3.47. The van der Waals surface area contributed by atoms with Crippen molar-refractivity contribution < 1.29 is 5.11 Å². The Morgan fingerprint density at radius 3 is 2.07 bits per heavy atom. The lowest BCUT2D eigenvalue weighted by molar-refractivity contribution is 0.170. The molecule has 3 N–H and O–H groups in total. The minimum Gasteiger partial charge on any atom is -0.387 e. The zero-order valence-corrected chi connectivity index (χ0v) is 10.1. The van der Waals surface area contributed by atoms with Crippen LogP contribution in [0, 0.1) is 0 Å². The monoisotopic (exact) mass is 209 g/mol. The quantitative estimate of drug-likeness (QED) is 0.747. The fourth-order valence-corrected chi connectivity index (χ4v) is 2.47. The summed E-state index contributed by atoms with van der Waals surface area (Å²) in [5, 5.41) is 10.0. The maximum absolute atomic E-state index is 10.0. The van der Waals surface area contributed by atoms with Crippen LogP contribution in [0.4, 0.5) is 0 Å². The van der Waals surface area contributed by atoms with Crippen molar-refractivity contribution in [3.05, 3.63) is 35.9 Å². The predicted molar refractivity (Wildman–Crippen MR) is 62.7 cm³/mol. The normalized spacial score (nSPS) is 16.4. The van der Waals surface area contributed by atoms with Crippen LogP contribution in [0.2, 0.25) is 19.6 Å². The first-order valence-corrected chi connectivity index (χ1v) is 8.49. The second-order valence-electron chi connectivity index (χ2n) is 4.75. The number of aliphatic hydroxyl groups is 1. The molecule has 0 fully saturated rings. The number of nitrogens with two attached hydrogens (primary N) is 1. The van der Waals surface area contributed by atoms with Crippen molar-refractivity contribution in [2.75, 3.05) is 0 Å². The van der Waals surface area contributed by atoms with E-state index in [2.05, 4.69) is 19.6 Å². The van der Waals surface area contributed by atoms with Crippen LogP contribution in [0.1, 0.15) is 11.7 Å². The van der Waals surface area contributed by atoms with E-state index in [1.807, 2.05) is 30.3 Å². The molecule has 1 aromatic rings. The standard InChI is InChI=1S/C11H19NOSi/c1-14(2,3)11(12)10(13)9-7-5-4-6-8-9/h4-8,10-11,13H,12H2,1-3H3/t10-,11-/m0/s1. The zero-order valence-electron chi connectivity index (χ0n) is 9.07. The van der Waals surface area contributed by atoms with Crippen LogP contribution in [0.15, 0.2) is 30.3 Å². The van der Waals surface area contributed by atoms with Gasteiger partial charge in [0.05, 0.1) is 14.2 Å². The maximum atomic E-state index is 10.0. The second kappa shape index (κ2) is 4.25. The molecule has 0 spiro atoms. The van der Waals surface area contributed by atoms with Crippen molar-refractivity contribution in [1.29, 1.82) is 0 Å². The van der Waals surface area contributed by atoms with Gasteiger partial charge in [-0.3, -0.25) is 0 Å². The van der Waals surface area contributed by atoms with Gasteiger partial charge in [0.25, 0.3) is 0 Å². The molecule has 2 atom stereocenters. The number of rotatable bonds is 3. The average molecular weight is 209 g/mol. The summed E-state index contributed by atoms with van der Waals surface area (Å²) in [6, 6.07) is 9.64. The molecule has 0 unspecified atom stereocenters. The summed E-state index contributed by atoms with van der Waals surface area (Å²) >= 11 is 0. The summed E-state index contributed by atoms with van der Waals surface area (Å²) in [6.07, 6.45) is -0.525. The highest BCUT2D eigenvalue weighted by Crippen LogP contribution is 2.21. The Hall–Kier alpha value is -0.643. The third-order valence-corrected chi connectivity index (χ3v) is 4.80. The van der Waals surface area contributed by atoms with Crippen LogP contribution in [0.3, 0.4) is 0 Å². The molecule has 0 aliphatic rings. The van der Waals surface area contributed by atoms with Crippen LogP contribution in [-0.2, 0) is 0 Å². The van der Waals surface area contributed by atoms with E-state index in [1.54, 1.807) is 0 Å². The molecule has 14 heavy (non-hydrogen) atoms. The van der Waals surface area contributed by atoms with Crippen LogP contribution in [-0.4, -0.2) is 18.8 Å². The molecule has 0 aliphatic heterocycles. The molecule has 1 aromatic carbocycles. The Morgan fingerprint density at radius 2 is 1.64 bits per heavy atom. The van der Waals surface area contributed by atoms with Gasteiger partial charge in [-0.05, 0) is 5.56 Å². The van der Waals surface area contributed by atoms with E-state index in [-0.39, 0.29) is 5.67 Å². The fraction of sp³-hybridized carbons (Fsp3) is 0.455. The molecule has 0 aromatic heterocycles. The van der Waals surface area contributed by atoms with Gasteiger partial charge in [-0.15, -0.1) is 0 Å². The van der Waals surface area contributed by atoms with E-state index < -0.39 is 14.2 Å². The van der Waals surface area contributed by atoms with Crippen LogP contribution in [0.25, 0.3) is 0 Å². The Balaban J connectivity index is 2.81. The molecule has 0 saturated carbocycles. The van der Waals surface area contributed by atoms with E-state index in [0.29, 0.717) is 0 Å². The highest BCUT2D eigenvalue weighted by molar-refractivity contribution is 6.77. The van der Waals surface area contributed by atoms with Gasteiger partial charge in [0.15, 0.2) is 0 Å². The Morgan fingerprint density at radius 1 is 1.14 bits per heavy atom. The molecular weight excluding hydrogens is 190 g/mol. The van der Waals surface area contributed by atoms with Gasteiger partial charge in [0.1, 0.15) is 0 Å². The third kappa shape index (κ3) is 2.67. The molecule has 0 amide bonds. The number of benzene rings is 1. The molecule has 0 saturated heterocycles. The van der Waals surface area contributed by atoms with Gasteiger partial charge in [0.2, 0.25) is 0 Å². The summed E-state index contributed by atoms with van der Waals surface area (Å²) < 4.78 is 0. The summed E-state index contributed by atoms with van der Waals surface area (Å²) in [5.74, 6) is 0. The third-order valence-electron chi connectivity index (χ3n) is 2.48. The van der Waals surface area contributed by atoms with Gasteiger partial charge in [-0.25, -0.2) is 0 Å². The van der Waals surface area contributed by atoms with Crippen molar-refractivity contribution in [2.24, 2.45) is 5.73 Å². The molecule has 0 heterocycles. The molecular formula is C11H19NOSi. The second-order valence-corrected chi connectivity index (χ2v) is 10.1. The summed E-state index contributed by atoms with van der Waals surface area (Å²) in [4.78, 5) is 0. The predicted octanol–water partition coefficient (Wildman–Crippen LogP) is 1.92. The first-order valence-electron chi connectivity index (χ1n) is 4.91. The number of aliphatic hydroxyl groups excluding tert-OH is 1. The minimum absolute atomic E-state index is 0.107. The lowest BCUT2D eigenvalue weighted by atomic mass is 10.1. The Labute approximate surface area is 86.8 Å². The van der Waals surface area contributed by atoms with Gasteiger partial charge >= 0.3 is 0 Å². The molecule has 0 aliphatic carbocycles. The average Bonchev–Trinajstić information content (AvgIpc) is 2.15. The van der Waals surface area contributed by atoms with Crippen molar-refractivity contribution in [2.45, 2.75) is 31.4 Å². The van der Waals surface area contributed by atoms with E-state index >= 15 is 0 Å². The lowest BCUT2D eigenvalue weighted by Crippen LogP contribution is -2.49. The molecule has 3 heteroatoms. The van der Waals surface area contributed by atoms with Crippen LogP contribution >= 0.6 is 0 Å². The zero-order chi connectivity index (χ0) is 10.8. The topological polar surface area (TPSA) is 46.2 Å². The largest absolute Gasteiger partial charge is 0.387 e. The van der Waals surface area contributed by atoms with Crippen molar-refractivity contribution in [3.8, 4) is 0 Å². The van der Waals surface area contributed by atoms with E-state index in [1.165, 1.54) is 0 Å². The van der Waals surface area contributed by atoms with Crippen molar-refractivity contribution in [3.63, 3.8) is 0 Å². The number of hydrogen-bond donors (Lipinski definition) is 2. The molecule has 0 radical (unpaired) electrons. The minimum atomic E-state index is -1.48. The Bertz CT molecular complexity index is 281. The highest BCUT2D eigenvalue weighted by Gasteiger charge is 2.29. The molecule has 2 nitrogen and oxygen atoms in total. The molecule has 78 valence electrons. The van der Waals surface area contributed by atoms with Crippen LogP contribution in [0.5, 0.6) is 0 Å². The fourth-order valence-electron chi connectivity index (χ4n) is 1.33. The smallest absolute Gasteiger partial charge is 0.0913 e. The van der Waals surface area contributed by atoms with E-state index in [4.69, 9.17) is 5.73 Å². The van der Waals surface area contributed by atoms with Gasteiger partial charge in [-0.1, -0.05) is 50.0 Å². The molecule has 0 bridgehead atoms. The maximum Gasteiger partial charge on any atom is 0.0913 e. The van der Waals surface area contributed by atoms with Gasteiger partial charge < -0.3 is 10.8 Å². The molecule has 1 rings (SSSR count). The van der Waals surface area contributed by atoms with Gasteiger partial charge in [-0.2, -0.15) is 0 Å². The van der Waals surface area contributed by atoms with Crippen LogP contribution < -0.4 is 5.73 Å². The van der Waals surface area contributed by atoms with Crippen molar-refractivity contribution in [1.82, 2.24) is 0 Å². The van der Waals surface area contributed by atoms with E-state index in [9.17, 15) is 5.11 Å². The first kappa shape index (κ1) is 11.4. The SMILES string of the molecule is C[Si](C)(C)[C@H](N)[C@@H](O)c1ccccc1. The lowest BCUT2D eigenvalue weighted by Gasteiger charge is -2.29. The summed E-state index contributed by atoms with van der Waals surface area (Å²) in [5.41, 5.74) is 6.85. The summed E-state index contributed by atoms with van der Waals surface area (Å²) in [7, 11) is -1.48. The first-order chi connectivity index (χ1) is 6.43. The summed E-state index contributed by atoms with van der Waals surface area (Å²) in [6.45, 7) is 6.51. The number of hydrogen-bond acceptors (Lipinski definition) is 2. The van der Waals surface area contributed by atoms with E-state index in [0.717, 1.165) is 5.56 Å². The van der Waals surface area contributed by atoms with Gasteiger partial charge in [0, 0.05) is 5.67 Å². The highest BCUT2D eigenvalue weighted by atomic mass is 28.3. The van der Waals surface area contributed by atoms with Crippen molar-refractivity contribution >= 4 is 8.07 Å².